The highest BCUT2D eigenvalue weighted by Gasteiger charge is 2.28. The number of hydrogen-bond acceptors (Lipinski definition) is 3. The Hall–Kier alpha value is -1.08. The van der Waals surface area contributed by atoms with Crippen molar-refractivity contribution in [2.45, 2.75) is 13.8 Å². The highest BCUT2D eigenvalue weighted by Crippen LogP contribution is 2.26. The Kier molecular flexibility index (Phi) is 4.31. The maximum atomic E-state index is 11.8. The smallest absolute Gasteiger partial charge is 0.317 e. The first-order chi connectivity index (χ1) is 7.45. The van der Waals surface area contributed by atoms with E-state index >= 15 is 0 Å². The van der Waals surface area contributed by atoms with Gasteiger partial charge in [-0.2, -0.15) is 0 Å². The fraction of sp³-hybridized carbons (Fsp3) is 0.417. The van der Waals surface area contributed by atoms with Crippen LogP contribution in [-0.4, -0.2) is 23.9 Å². The molecule has 0 aliphatic carbocycles. The molecule has 1 rings (SSSR count). The van der Waals surface area contributed by atoms with E-state index in [-0.39, 0.29) is 11.7 Å². The molecule has 0 aliphatic heterocycles. The molecular formula is C12H17O3P. The number of esters is 1. The Morgan fingerprint density at radius 3 is 2.44 bits per heavy atom. The largest absolute Gasteiger partial charge is 0.508 e. The molecule has 0 aromatic heterocycles. The summed E-state index contributed by atoms with van der Waals surface area (Å²) >= 11 is 0. The zero-order chi connectivity index (χ0) is 12.2. The summed E-state index contributed by atoms with van der Waals surface area (Å²) in [6, 6.07) is 6.16. The molecule has 1 N–H and O–H groups in total. The molecule has 88 valence electrons. The Morgan fingerprint density at radius 2 is 1.94 bits per heavy atom. The monoisotopic (exact) mass is 240 g/mol. The van der Waals surface area contributed by atoms with E-state index in [0.717, 1.165) is 14.7 Å². The van der Waals surface area contributed by atoms with Crippen molar-refractivity contribution in [1.29, 1.82) is 0 Å². The third-order valence-electron chi connectivity index (χ3n) is 2.22. The lowest BCUT2D eigenvalue weighted by Crippen LogP contribution is -2.30. The van der Waals surface area contributed by atoms with Gasteiger partial charge in [0, 0.05) is 0 Å². The molecule has 3 nitrogen and oxygen atoms in total. The molecular weight excluding hydrogens is 223 g/mol. The molecule has 0 aliphatic rings. The average Bonchev–Trinajstić information content (AvgIpc) is 2.21. The second kappa shape index (κ2) is 5.31. The van der Waals surface area contributed by atoms with Crippen molar-refractivity contribution in [2.24, 2.45) is 5.41 Å². The lowest BCUT2D eigenvalue weighted by molar-refractivity contribution is -0.142. The van der Waals surface area contributed by atoms with Gasteiger partial charge in [-0.25, -0.2) is 0 Å². The van der Waals surface area contributed by atoms with E-state index < -0.39 is 5.41 Å². The topological polar surface area (TPSA) is 46.5 Å². The lowest BCUT2D eigenvalue weighted by Gasteiger charge is -2.21. The molecule has 0 bridgehead atoms. The van der Waals surface area contributed by atoms with Crippen LogP contribution in [0.1, 0.15) is 13.8 Å². The summed E-state index contributed by atoms with van der Waals surface area (Å²) in [5.41, 5.74) is -0.453. The van der Waals surface area contributed by atoms with Crippen LogP contribution >= 0.6 is 8.58 Å². The average molecular weight is 240 g/mol. The van der Waals surface area contributed by atoms with E-state index in [0.29, 0.717) is 5.75 Å². The summed E-state index contributed by atoms with van der Waals surface area (Å²) < 4.78 is 5.24. The fourth-order valence-electron chi connectivity index (χ4n) is 1.27. The van der Waals surface area contributed by atoms with E-state index in [1.165, 1.54) is 12.1 Å². The van der Waals surface area contributed by atoms with Crippen molar-refractivity contribution in [3.05, 3.63) is 24.3 Å². The van der Waals surface area contributed by atoms with Crippen LogP contribution in [0.4, 0.5) is 0 Å². The molecule has 1 aromatic carbocycles. The second-order valence-corrected chi connectivity index (χ2v) is 5.36. The number of hydrogen-bond donors (Lipinski definition) is 1. The molecule has 0 spiro atoms. The third-order valence-corrected chi connectivity index (χ3v) is 3.46. The SMILES string of the molecule is CPCC(C)(C)C(=O)Oc1ccc(O)cc1. The van der Waals surface area contributed by atoms with Crippen LogP contribution in [0.5, 0.6) is 11.5 Å². The van der Waals surface area contributed by atoms with Gasteiger partial charge in [0.2, 0.25) is 0 Å². The molecule has 0 saturated heterocycles. The van der Waals surface area contributed by atoms with Gasteiger partial charge in [-0.1, -0.05) is 0 Å². The van der Waals surface area contributed by atoms with Gasteiger partial charge in [0.1, 0.15) is 11.5 Å². The molecule has 0 radical (unpaired) electrons. The van der Waals surface area contributed by atoms with E-state index in [4.69, 9.17) is 9.84 Å². The highest BCUT2D eigenvalue weighted by atomic mass is 31.1. The van der Waals surface area contributed by atoms with Gasteiger partial charge >= 0.3 is 5.97 Å². The third kappa shape index (κ3) is 3.49. The number of carbonyl (C=O) groups excluding carboxylic acids is 1. The number of aromatic hydroxyl groups is 1. The van der Waals surface area contributed by atoms with Crippen molar-refractivity contribution in [3.8, 4) is 11.5 Å². The number of phenols is 1. The van der Waals surface area contributed by atoms with E-state index in [1.54, 1.807) is 12.1 Å². The molecule has 1 aromatic rings. The Balaban J connectivity index is 2.67. The minimum absolute atomic E-state index is 0.161. The summed E-state index contributed by atoms with van der Waals surface area (Å²) in [5.74, 6) is 0.400. The predicted molar refractivity (Wildman–Crippen MR) is 66.6 cm³/mol. The van der Waals surface area contributed by atoms with E-state index in [2.05, 4.69) is 6.66 Å². The molecule has 0 fully saturated rings. The van der Waals surface area contributed by atoms with Crippen LogP contribution in [-0.2, 0) is 4.79 Å². The summed E-state index contributed by atoms with van der Waals surface area (Å²) in [5, 5.41) is 9.10. The quantitative estimate of drug-likeness (QED) is 0.500. The summed E-state index contributed by atoms with van der Waals surface area (Å²) in [6.45, 7) is 5.83. The van der Waals surface area contributed by atoms with Gasteiger partial charge < -0.3 is 9.84 Å². The predicted octanol–water partition coefficient (Wildman–Crippen LogP) is 2.63. The van der Waals surface area contributed by atoms with E-state index in [9.17, 15) is 4.79 Å². The zero-order valence-electron chi connectivity index (χ0n) is 9.78. The molecule has 0 saturated carbocycles. The van der Waals surface area contributed by atoms with Crippen LogP contribution in [0, 0.1) is 5.41 Å². The molecule has 16 heavy (non-hydrogen) atoms. The molecule has 1 atom stereocenters. The first-order valence-electron chi connectivity index (χ1n) is 5.11. The number of rotatable bonds is 4. The van der Waals surface area contributed by atoms with Crippen LogP contribution in [0.3, 0.4) is 0 Å². The Bertz CT molecular complexity index is 357. The van der Waals surface area contributed by atoms with Gasteiger partial charge in [0.05, 0.1) is 5.41 Å². The van der Waals surface area contributed by atoms with Crippen molar-refractivity contribution in [1.82, 2.24) is 0 Å². The van der Waals surface area contributed by atoms with Crippen LogP contribution in [0.2, 0.25) is 0 Å². The number of ether oxygens (including phenoxy) is 1. The van der Waals surface area contributed by atoms with Crippen LogP contribution in [0.15, 0.2) is 24.3 Å². The summed E-state index contributed by atoms with van der Waals surface area (Å²) in [4.78, 5) is 11.8. The highest BCUT2D eigenvalue weighted by molar-refractivity contribution is 7.37. The maximum Gasteiger partial charge on any atom is 0.317 e. The van der Waals surface area contributed by atoms with Crippen molar-refractivity contribution < 1.29 is 14.6 Å². The van der Waals surface area contributed by atoms with Crippen molar-refractivity contribution >= 4 is 14.6 Å². The fourth-order valence-corrected chi connectivity index (χ4v) is 2.30. The number of benzene rings is 1. The number of carbonyl (C=O) groups is 1. The van der Waals surface area contributed by atoms with Crippen molar-refractivity contribution in [2.75, 3.05) is 12.8 Å². The Labute approximate surface area is 97.6 Å². The lowest BCUT2D eigenvalue weighted by atomic mass is 9.97. The van der Waals surface area contributed by atoms with Crippen LogP contribution in [0.25, 0.3) is 0 Å². The second-order valence-electron chi connectivity index (χ2n) is 4.30. The number of phenolic OH excluding ortho intramolecular Hbond substituents is 1. The first kappa shape index (κ1) is 13.0. The van der Waals surface area contributed by atoms with Gasteiger partial charge in [0.25, 0.3) is 0 Å². The zero-order valence-corrected chi connectivity index (χ0v) is 10.8. The van der Waals surface area contributed by atoms with Gasteiger partial charge in [-0.3, -0.25) is 4.79 Å². The van der Waals surface area contributed by atoms with Gasteiger partial charge in [0.15, 0.2) is 0 Å². The van der Waals surface area contributed by atoms with Gasteiger partial charge in [-0.05, 0) is 50.9 Å². The minimum Gasteiger partial charge on any atom is -0.508 e. The minimum atomic E-state index is -0.453. The molecule has 0 amide bonds. The maximum absolute atomic E-state index is 11.8. The summed E-state index contributed by atoms with van der Waals surface area (Å²) in [6.07, 6.45) is 0.823. The molecule has 1 unspecified atom stereocenters. The summed E-state index contributed by atoms with van der Waals surface area (Å²) in [7, 11) is 0.720. The van der Waals surface area contributed by atoms with Gasteiger partial charge in [-0.15, -0.1) is 8.58 Å². The Morgan fingerprint density at radius 1 is 1.38 bits per heavy atom. The van der Waals surface area contributed by atoms with E-state index in [1.807, 2.05) is 13.8 Å². The first-order valence-corrected chi connectivity index (χ1v) is 6.82. The van der Waals surface area contributed by atoms with Crippen LogP contribution < -0.4 is 4.74 Å². The standard InChI is InChI=1S/C12H17O3P/c1-12(2,8-16-3)11(14)15-10-6-4-9(13)5-7-10/h4-7,13,16H,8H2,1-3H3. The molecule has 0 heterocycles. The van der Waals surface area contributed by atoms with Crippen molar-refractivity contribution in [3.63, 3.8) is 0 Å². The molecule has 4 heteroatoms. The normalized spacial score (nSPS) is 11.9.